The summed E-state index contributed by atoms with van der Waals surface area (Å²) >= 11 is 5.24. The topological polar surface area (TPSA) is 50.8 Å². The average Bonchev–Trinajstić information content (AvgIpc) is 2.85. The number of ether oxygens (including phenoxy) is 2. The van der Waals surface area contributed by atoms with Gasteiger partial charge in [-0.2, -0.15) is 0 Å². The largest absolute Gasteiger partial charge is 0.493 e. The van der Waals surface area contributed by atoms with Gasteiger partial charge in [-0.3, -0.25) is 9.69 Å². The zero-order valence-electron chi connectivity index (χ0n) is 14.0. The van der Waals surface area contributed by atoms with Crippen molar-refractivity contribution < 1.29 is 14.3 Å². The van der Waals surface area contributed by atoms with E-state index in [2.05, 4.69) is 18.8 Å². The molecule has 0 spiro atoms. The molecule has 0 aliphatic carbocycles. The second-order valence-corrected chi connectivity index (χ2v) is 5.70. The average molecular weight is 346 g/mol. The number of thiocarbonyl (C=S) groups is 1. The van der Waals surface area contributed by atoms with Gasteiger partial charge < -0.3 is 14.8 Å². The van der Waals surface area contributed by atoms with Crippen molar-refractivity contribution in [2.45, 2.75) is 19.8 Å². The van der Waals surface area contributed by atoms with Gasteiger partial charge in [0.1, 0.15) is 12.3 Å². The van der Waals surface area contributed by atoms with Crippen LogP contribution in [-0.4, -0.2) is 36.2 Å². The van der Waals surface area contributed by atoms with Crippen molar-refractivity contribution >= 4 is 29.3 Å². The van der Waals surface area contributed by atoms with Crippen molar-refractivity contribution in [1.29, 1.82) is 0 Å². The molecule has 1 fully saturated rings. The minimum atomic E-state index is -0.0978. The van der Waals surface area contributed by atoms with Gasteiger partial charge in [-0.25, -0.2) is 0 Å². The standard InChI is InChI=1S/C18H22N2O3S/c1-4-6-9-20-17(21)14(19-18(20)24)11-13-7-8-15(23-10-5-2)16(12-13)22-3/h5,7-8,11-12H,2,4,6,9-10H2,1,3H3,(H,19,24)/b14-11-. The number of methoxy groups -OCH3 is 1. The highest BCUT2D eigenvalue weighted by Gasteiger charge is 2.29. The predicted molar refractivity (Wildman–Crippen MR) is 99.0 cm³/mol. The monoisotopic (exact) mass is 346 g/mol. The van der Waals surface area contributed by atoms with E-state index in [-0.39, 0.29) is 5.91 Å². The summed E-state index contributed by atoms with van der Waals surface area (Å²) in [4.78, 5) is 14.0. The van der Waals surface area contributed by atoms with Gasteiger partial charge in [0.15, 0.2) is 16.6 Å². The van der Waals surface area contributed by atoms with Gasteiger partial charge in [-0.05, 0) is 42.4 Å². The molecule has 1 N–H and O–H groups in total. The number of carbonyl (C=O) groups is 1. The molecule has 1 aromatic rings. The number of hydrogen-bond acceptors (Lipinski definition) is 4. The van der Waals surface area contributed by atoms with E-state index in [1.165, 1.54) is 0 Å². The highest BCUT2D eigenvalue weighted by molar-refractivity contribution is 7.80. The molecule has 6 heteroatoms. The fourth-order valence-electron chi connectivity index (χ4n) is 2.30. The Bertz CT molecular complexity index is 670. The maximum atomic E-state index is 12.4. The first-order valence-electron chi connectivity index (χ1n) is 7.87. The summed E-state index contributed by atoms with van der Waals surface area (Å²) in [5.41, 5.74) is 1.30. The molecule has 1 aliphatic rings. The van der Waals surface area contributed by atoms with E-state index in [0.29, 0.717) is 35.5 Å². The quantitative estimate of drug-likeness (QED) is 0.445. The zero-order valence-corrected chi connectivity index (χ0v) is 14.8. The molecular formula is C18H22N2O3S. The molecule has 24 heavy (non-hydrogen) atoms. The first kappa shape index (κ1) is 18.0. The molecule has 1 aliphatic heterocycles. The molecule has 2 rings (SSSR count). The van der Waals surface area contributed by atoms with Crippen molar-refractivity contribution in [3.63, 3.8) is 0 Å². The maximum absolute atomic E-state index is 12.4. The van der Waals surface area contributed by atoms with Crippen LogP contribution in [0.3, 0.4) is 0 Å². The Balaban J connectivity index is 2.20. The molecule has 0 aromatic heterocycles. The molecular weight excluding hydrogens is 324 g/mol. The molecule has 128 valence electrons. The smallest absolute Gasteiger partial charge is 0.276 e. The van der Waals surface area contributed by atoms with Gasteiger partial charge in [0, 0.05) is 6.54 Å². The Morgan fingerprint density at radius 3 is 2.83 bits per heavy atom. The van der Waals surface area contributed by atoms with Gasteiger partial charge in [0.25, 0.3) is 5.91 Å². The number of carbonyl (C=O) groups excluding carboxylic acids is 1. The lowest BCUT2D eigenvalue weighted by Crippen LogP contribution is -2.31. The van der Waals surface area contributed by atoms with E-state index in [9.17, 15) is 4.79 Å². The van der Waals surface area contributed by atoms with Crippen LogP contribution < -0.4 is 14.8 Å². The first-order chi connectivity index (χ1) is 11.6. The van der Waals surface area contributed by atoms with Gasteiger partial charge >= 0.3 is 0 Å². The van der Waals surface area contributed by atoms with Crippen LogP contribution in [-0.2, 0) is 4.79 Å². The summed E-state index contributed by atoms with van der Waals surface area (Å²) in [6.45, 7) is 6.74. The van der Waals surface area contributed by atoms with Crippen molar-refractivity contribution in [2.24, 2.45) is 0 Å². The highest BCUT2D eigenvalue weighted by atomic mass is 32.1. The SMILES string of the molecule is C=CCOc1ccc(/C=C2\NC(=S)N(CCCC)C2=O)cc1OC. The molecule has 0 unspecified atom stereocenters. The summed E-state index contributed by atoms with van der Waals surface area (Å²) in [5.74, 6) is 1.13. The molecule has 5 nitrogen and oxygen atoms in total. The number of nitrogens with zero attached hydrogens (tertiary/aromatic N) is 1. The number of unbranched alkanes of at least 4 members (excludes halogenated alkanes) is 1. The highest BCUT2D eigenvalue weighted by Crippen LogP contribution is 2.29. The van der Waals surface area contributed by atoms with E-state index in [1.807, 2.05) is 12.1 Å². The number of hydrogen-bond donors (Lipinski definition) is 1. The Morgan fingerprint density at radius 2 is 2.17 bits per heavy atom. The molecule has 1 amide bonds. The first-order valence-corrected chi connectivity index (χ1v) is 8.27. The third-order valence-corrected chi connectivity index (χ3v) is 3.88. The second-order valence-electron chi connectivity index (χ2n) is 5.31. The molecule has 0 bridgehead atoms. The van der Waals surface area contributed by atoms with Crippen LogP contribution in [0.4, 0.5) is 0 Å². The van der Waals surface area contributed by atoms with Crippen molar-refractivity contribution in [1.82, 2.24) is 10.2 Å². The van der Waals surface area contributed by atoms with E-state index in [4.69, 9.17) is 21.7 Å². The summed E-state index contributed by atoms with van der Waals surface area (Å²) in [6, 6.07) is 5.49. The summed E-state index contributed by atoms with van der Waals surface area (Å²) < 4.78 is 10.9. The summed E-state index contributed by atoms with van der Waals surface area (Å²) in [7, 11) is 1.58. The Kier molecular flexibility index (Phi) is 6.37. The fourth-order valence-corrected chi connectivity index (χ4v) is 2.58. The minimum absolute atomic E-state index is 0.0978. The number of amides is 1. The molecule has 1 heterocycles. The summed E-state index contributed by atoms with van der Waals surface area (Å²) in [6.07, 6.45) is 5.36. The van der Waals surface area contributed by atoms with Crippen LogP contribution in [0.15, 0.2) is 36.6 Å². The number of rotatable bonds is 8. The van der Waals surface area contributed by atoms with Crippen LogP contribution in [0.5, 0.6) is 11.5 Å². The Hall–Kier alpha value is -2.34. The third-order valence-electron chi connectivity index (χ3n) is 3.55. The van der Waals surface area contributed by atoms with E-state index in [0.717, 1.165) is 18.4 Å². The van der Waals surface area contributed by atoms with E-state index < -0.39 is 0 Å². The van der Waals surface area contributed by atoms with Gasteiger partial charge in [-0.15, -0.1) is 0 Å². The van der Waals surface area contributed by atoms with Crippen LogP contribution in [0, 0.1) is 0 Å². The van der Waals surface area contributed by atoms with Gasteiger partial charge in [0.2, 0.25) is 0 Å². The van der Waals surface area contributed by atoms with Crippen LogP contribution in [0.2, 0.25) is 0 Å². The lowest BCUT2D eigenvalue weighted by Gasteiger charge is -2.12. The van der Waals surface area contributed by atoms with Crippen molar-refractivity contribution in [2.75, 3.05) is 20.3 Å². The normalized spacial score (nSPS) is 15.6. The zero-order chi connectivity index (χ0) is 17.5. The molecule has 0 radical (unpaired) electrons. The van der Waals surface area contributed by atoms with Crippen LogP contribution in [0.1, 0.15) is 25.3 Å². The van der Waals surface area contributed by atoms with Crippen molar-refractivity contribution in [3.05, 3.63) is 42.1 Å². The predicted octanol–water partition coefficient (Wildman–Crippen LogP) is 3.12. The van der Waals surface area contributed by atoms with Gasteiger partial charge in [0.05, 0.1) is 7.11 Å². The molecule has 0 atom stereocenters. The van der Waals surface area contributed by atoms with Crippen LogP contribution >= 0.6 is 12.2 Å². The van der Waals surface area contributed by atoms with Crippen molar-refractivity contribution in [3.8, 4) is 11.5 Å². The lowest BCUT2D eigenvalue weighted by atomic mass is 10.1. The minimum Gasteiger partial charge on any atom is -0.493 e. The summed E-state index contributed by atoms with van der Waals surface area (Å²) in [5, 5.41) is 3.44. The lowest BCUT2D eigenvalue weighted by molar-refractivity contribution is -0.122. The van der Waals surface area contributed by atoms with E-state index >= 15 is 0 Å². The van der Waals surface area contributed by atoms with Gasteiger partial charge in [-0.1, -0.05) is 32.1 Å². The van der Waals surface area contributed by atoms with E-state index in [1.54, 1.807) is 30.2 Å². The number of benzene rings is 1. The number of nitrogens with one attached hydrogen (secondary N) is 1. The Morgan fingerprint density at radius 1 is 1.38 bits per heavy atom. The fraction of sp³-hybridized carbons (Fsp3) is 0.333. The molecule has 1 saturated heterocycles. The van der Waals surface area contributed by atoms with Crippen LogP contribution in [0.25, 0.3) is 6.08 Å². The maximum Gasteiger partial charge on any atom is 0.276 e. The molecule has 0 saturated carbocycles. The third kappa shape index (κ3) is 4.14. The second kappa shape index (κ2) is 8.49. The molecule has 1 aromatic carbocycles. The Labute approximate surface area is 147 Å².